The Morgan fingerprint density at radius 2 is 1.71 bits per heavy atom. The largest absolute Gasteiger partial charge is 0.489 e. The highest BCUT2D eigenvalue weighted by molar-refractivity contribution is 5.85. The van der Waals surface area contributed by atoms with E-state index in [1.807, 2.05) is 42.5 Å². The molecule has 0 radical (unpaired) electrons. The van der Waals surface area contributed by atoms with E-state index in [4.69, 9.17) is 14.6 Å². The number of hydrogen-bond acceptors (Lipinski definition) is 4. The van der Waals surface area contributed by atoms with E-state index in [0.717, 1.165) is 5.56 Å². The molecular weight excluding hydrogens is 306 g/mol. The molecule has 2 aromatic carbocycles. The molecule has 0 atom stereocenters. The van der Waals surface area contributed by atoms with Crippen LogP contribution in [0.2, 0.25) is 0 Å². The lowest BCUT2D eigenvalue weighted by Gasteiger charge is -2.09. The number of carbonyl (C=O) groups is 1. The van der Waals surface area contributed by atoms with E-state index in [2.05, 4.69) is 4.98 Å². The summed E-state index contributed by atoms with van der Waals surface area (Å²) in [6, 6.07) is 20.1. The van der Waals surface area contributed by atoms with Gasteiger partial charge in [0, 0.05) is 6.07 Å². The second-order valence-electron chi connectivity index (χ2n) is 5.04. The van der Waals surface area contributed by atoms with Crippen LogP contribution in [0.15, 0.2) is 72.9 Å². The smallest absolute Gasteiger partial charge is 0.354 e. The van der Waals surface area contributed by atoms with Crippen molar-refractivity contribution in [3.63, 3.8) is 0 Å². The SMILES string of the molecule is O=C(O)c1ccc(Oc2cccc(OCc3ccccc3)c2)cn1. The summed E-state index contributed by atoms with van der Waals surface area (Å²) in [6.45, 7) is 0.471. The van der Waals surface area contributed by atoms with Crippen LogP contribution in [0.1, 0.15) is 16.1 Å². The number of carboxylic acids is 1. The molecule has 0 fully saturated rings. The molecule has 0 aliphatic heterocycles. The zero-order valence-electron chi connectivity index (χ0n) is 12.8. The minimum Gasteiger partial charge on any atom is -0.489 e. The monoisotopic (exact) mass is 321 g/mol. The quantitative estimate of drug-likeness (QED) is 0.738. The number of ether oxygens (including phenoxy) is 2. The Hall–Kier alpha value is -3.34. The number of benzene rings is 2. The first-order valence-electron chi connectivity index (χ1n) is 7.35. The summed E-state index contributed by atoms with van der Waals surface area (Å²) in [5.74, 6) is 0.662. The number of nitrogens with zero attached hydrogens (tertiary/aromatic N) is 1. The van der Waals surface area contributed by atoms with Crippen molar-refractivity contribution in [2.45, 2.75) is 6.61 Å². The van der Waals surface area contributed by atoms with Gasteiger partial charge in [0.2, 0.25) is 0 Å². The highest BCUT2D eigenvalue weighted by Gasteiger charge is 2.05. The summed E-state index contributed by atoms with van der Waals surface area (Å²) in [5, 5.41) is 8.84. The standard InChI is InChI=1S/C19H15NO4/c21-19(22)18-10-9-17(12-20-18)24-16-8-4-7-15(11-16)23-13-14-5-2-1-3-6-14/h1-12H,13H2,(H,21,22). The van der Waals surface area contributed by atoms with Crippen molar-refractivity contribution in [1.82, 2.24) is 4.98 Å². The van der Waals surface area contributed by atoms with Gasteiger partial charge in [-0.3, -0.25) is 0 Å². The Morgan fingerprint density at radius 1 is 0.917 bits per heavy atom. The predicted molar refractivity (Wildman–Crippen MR) is 88.5 cm³/mol. The molecule has 5 nitrogen and oxygen atoms in total. The average molecular weight is 321 g/mol. The summed E-state index contributed by atoms with van der Waals surface area (Å²) in [5.41, 5.74) is 1.06. The van der Waals surface area contributed by atoms with Crippen LogP contribution in [-0.2, 0) is 6.61 Å². The molecular formula is C19H15NO4. The Morgan fingerprint density at radius 3 is 2.42 bits per heavy atom. The number of aromatic carboxylic acids is 1. The summed E-state index contributed by atoms with van der Waals surface area (Å²) < 4.78 is 11.4. The number of pyridine rings is 1. The Kier molecular flexibility index (Phi) is 4.72. The van der Waals surface area contributed by atoms with E-state index in [-0.39, 0.29) is 5.69 Å². The third-order valence-electron chi connectivity index (χ3n) is 3.24. The van der Waals surface area contributed by atoms with E-state index in [1.54, 1.807) is 18.2 Å². The summed E-state index contributed by atoms with van der Waals surface area (Å²) in [4.78, 5) is 14.6. The van der Waals surface area contributed by atoms with Crippen LogP contribution < -0.4 is 9.47 Å². The van der Waals surface area contributed by atoms with Gasteiger partial charge in [-0.2, -0.15) is 0 Å². The fourth-order valence-corrected chi connectivity index (χ4v) is 2.07. The molecule has 0 bridgehead atoms. The van der Waals surface area contributed by atoms with E-state index < -0.39 is 5.97 Å². The maximum atomic E-state index is 10.8. The molecule has 0 unspecified atom stereocenters. The van der Waals surface area contributed by atoms with Gasteiger partial charge < -0.3 is 14.6 Å². The number of carboxylic acid groups (broad SMARTS) is 1. The minimum atomic E-state index is -1.07. The van der Waals surface area contributed by atoms with E-state index in [1.165, 1.54) is 12.3 Å². The van der Waals surface area contributed by atoms with Crippen molar-refractivity contribution in [3.8, 4) is 17.2 Å². The van der Waals surface area contributed by atoms with E-state index in [0.29, 0.717) is 23.9 Å². The second kappa shape index (κ2) is 7.28. The van der Waals surface area contributed by atoms with Crippen LogP contribution in [0.3, 0.4) is 0 Å². The molecule has 0 spiro atoms. The van der Waals surface area contributed by atoms with Crippen LogP contribution in [-0.4, -0.2) is 16.1 Å². The van der Waals surface area contributed by atoms with Gasteiger partial charge in [0.1, 0.15) is 29.5 Å². The summed E-state index contributed by atoms with van der Waals surface area (Å²) >= 11 is 0. The highest BCUT2D eigenvalue weighted by atomic mass is 16.5. The Labute approximate surface area is 139 Å². The van der Waals surface area contributed by atoms with Gasteiger partial charge in [-0.05, 0) is 29.8 Å². The van der Waals surface area contributed by atoms with Gasteiger partial charge in [0.05, 0.1) is 6.20 Å². The van der Waals surface area contributed by atoms with Crippen LogP contribution in [0.5, 0.6) is 17.2 Å². The predicted octanol–water partition coefficient (Wildman–Crippen LogP) is 4.15. The normalized spacial score (nSPS) is 10.2. The van der Waals surface area contributed by atoms with Crippen LogP contribution >= 0.6 is 0 Å². The van der Waals surface area contributed by atoms with Crippen molar-refractivity contribution >= 4 is 5.97 Å². The first-order chi connectivity index (χ1) is 11.7. The van der Waals surface area contributed by atoms with Crippen molar-refractivity contribution < 1.29 is 19.4 Å². The maximum absolute atomic E-state index is 10.8. The lowest BCUT2D eigenvalue weighted by molar-refractivity contribution is 0.0690. The molecule has 0 aliphatic rings. The first-order valence-corrected chi connectivity index (χ1v) is 7.35. The molecule has 1 aromatic heterocycles. The van der Waals surface area contributed by atoms with Crippen molar-refractivity contribution in [2.24, 2.45) is 0 Å². The lowest BCUT2D eigenvalue weighted by Crippen LogP contribution is -1.99. The van der Waals surface area contributed by atoms with Gasteiger partial charge in [0.25, 0.3) is 0 Å². The molecule has 3 rings (SSSR count). The fraction of sp³-hybridized carbons (Fsp3) is 0.0526. The molecule has 5 heteroatoms. The van der Waals surface area contributed by atoms with Crippen LogP contribution in [0, 0.1) is 0 Å². The second-order valence-corrected chi connectivity index (χ2v) is 5.04. The summed E-state index contributed by atoms with van der Waals surface area (Å²) in [7, 11) is 0. The third-order valence-corrected chi connectivity index (χ3v) is 3.24. The van der Waals surface area contributed by atoms with Crippen molar-refractivity contribution in [3.05, 3.63) is 84.2 Å². The molecule has 0 saturated heterocycles. The van der Waals surface area contributed by atoms with E-state index >= 15 is 0 Å². The molecule has 120 valence electrons. The van der Waals surface area contributed by atoms with Gasteiger partial charge in [-0.1, -0.05) is 36.4 Å². The number of rotatable bonds is 6. The summed E-state index contributed by atoms with van der Waals surface area (Å²) in [6.07, 6.45) is 1.38. The maximum Gasteiger partial charge on any atom is 0.354 e. The van der Waals surface area contributed by atoms with Gasteiger partial charge >= 0.3 is 5.97 Å². The Bertz CT molecular complexity index is 816. The number of hydrogen-bond donors (Lipinski definition) is 1. The van der Waals surface area contributed by atoms with E-state index in [9.17, 15) is 4.79 Å². The first kappa shape index (κ1) is 15.6. The minimum absolute atomic E-state index is 0.0257. The van der Waals surface area contributed by atoms with Gasteiger partial charge in [-0.15, -0.1) is 0 Å². The average Bonchev–Trinajstić information content (AvgIpc) is 2.62. The van der Waals surface area contributed by atoms with Gasteiger partial charge in [-0.25, -0.2) is 9.78 Å². The molecule has 0 aliphatic carbocycles. The fourth-order valence-electron chi connectivity index (χ4n) is 2.07. The topological polar surface area (TPSA) is 68.7 Å². The zero-order valence-corrected chi connectivity index (χ0v) is 12.8. The molecule has 24 heavy (non-hydrogen) atoms. The van der Waals surface area contributed by atoms with Gasteiger partial charge in [0.15, 0.2) is 0 Å². The number of aromatic nitrogens is 1. The zero-order chi connectivity index (χ0) is 16.8. The molecule has 1 N–H and O–H groups in total. The molecule has 0 amide bonds. The molecule has 0 saturated carbocycles. The van der Waals surface area contributed by atoms with Crippen LogP contribution in [0.25, 0.3) is 0 Å². The van der Waals surface area contributed by atoms with Crippen LogP contribution in [0.4, 0.5) is 0 Å². The molecule has 3 aromatic rings. The molecule has 1 heterocycles. The van der Waals surface area contributed by atoms with Crippen molar-refractivity contribution in [1.29, 1.82) is 0 Å². The lowest BCUT2D eigenvalue weighted by atomic mass is 10.2. The third kappa shape index (κ3) is 4.10. The van der Waals surface area contributed by atoms with Crippen molar-refractivity contribution in [2.75, 3.05) is 0 Å². The Balaban J connectivity index is 1.65. The highest BCUT2D eigenvalue weighted by Crippen LogP contribution is 2.25.